The van der Waals surface area contributed by atoms with Crippen LogP contribution >= 0.6 is 11.6 Å². The smallest absolute Gasteiger partial charge is 0.122 e. The van der Waals surface area contributed by atoms with Crippen LogP contribution in [0.1, 0.15) is 29.5 Å². The highest BCUT2D eigenvalue weighted by molar-refractivity contribution is 6.22. The van der Waals surface area contributed by atoms with Gasteiger partial charge in [0.15, 0.2) is 0 Å². The first kappa shape index (κ1) is 11.5. The molecule has 0 bridgehead atoms. The Kier molecular flexibility index (Phi) is 3.25. The molecule has 0 aliphatic heterocycles. The van der Waals surface area contributed by atoms with Gasteiger partial charge in [-0.05, 0) is 61.1 Å². The van der Waals surface area contributed by atoms with Crippen molar-refractivity contribution >= 4 is 17.2 Å². The molecule has 1 aliphatic carbocycles. The Hall–Kier alpha value is -0.950. The summed E-state index contributed by atoms with van der Waals surface area (Å²) in [6.07, 6.45) is 4.32. The van der Waals surface area contributed by atoms with Crippen LogP contribution in [0.15, 0.2) is 18.2 Å². The molecule has 2 heteroatoms. The van der Waals surface area contributed by atoms with Gasteiger partial charge in [0.05, 0.1) is 12.5 Å². The number of hydrogen-bond acceptors (Lipinski definition) is 1. The van der Waals surface area contributed by atoms with Gasteiger partial charge in [-0.15, -0.1) is 11.6 Å². The van der Waals surface area contributed by atoms with E-state index in [2.05, 4.69) is 32.1 Å². The highest BCUT2D eigenvalue weighted by Crippen LogP contribution is 2.34. The van der Waals surface area contributed by atoms with Gasteiger partial charge in [-0.3, -0.25) is 0 Å². The SMILES string of the molecule is COc1cc(C)c(C2=CC(Cl)CC2)cc1C. The lowest BCUT2D eigenvalue weighted by molar-refractivity contribution is 0.411. The minimum absolute atomic E-state index is 0.205. The summed E-state index contributed by atoms with van der Waals surface area (Å²) in [6.45, 7) is 4.20. The van der Waals surface area contributed by atoms with Crippen molar-refractivity contribution in [2.75, 3.05) is 7.11 Å². The van der Waals surface area contributed by atoms with Crippen molar-refractivity contribution in [1.29, 1.82) is 0 Å². The molecule has 1 nitrogen and oxygen atoms in total. The molecule has 0 saturated heterocycles. The number of rotatable bonds is 2. The summed E-state index contributed by atoms with van der Waals surface area (Å²) in [5.41, 5.74) is 5.14. The van der Waals surface area contributed by atoms with Crippen molar-refractivity contribution < 1.29 is 4.74 Å². The minimum Gasteiger partial charge on any atom is -0.496 e. The van der Waals surface area contributed by atoms with E-state index >= 15 is 0 Å². The predicted octanol–water partition coefficient (Wildman–Crippen LogP) is 4.10. The number of aryl methyl sites for hydroxylation is 2. The zero-order chi connectivity index (χ0) is 11.7. The van der Waals surface area contributed by atoms with Crippen molar-refractivity contribution in [2.24, 2.45) is 0 Å². The number of benzene rings is 1. The normalized spacial score (nSPS) is 19.8. The van der Waals surface area contributed by atoms with Gasteiger partial charge in [-0.1, -0.05) is 6.08 Å². The standard InChI is InChI=1S/C14H17ClO/c1-9-7-14(16-3)10(2)6-13(9)11-4-5-12(15)8-11/h6-8,12H,4-5H2,1-3H3. The third-order valence-electron chi connectivity index (χ3n) is 3.16. The van der Waals surface area contributed by atoms with Crippen LogP contribution in [0.4, 0.5) is 0 Å². The molecule has 86 valence electrons. The first-order chi connectivity index (χ1) is 7.61. The summed E-state index contributed by atoms with van der Waals surface area (Å²) in [5, 5.41) is 0.205. The van der Waals surface area contributed by atoms with Crippen LogP contribution in [0.25, 0.3) is 5.57 Å². The minimum atomic E-state index is 0.205. The van der Waals surface area contributed by atoms with Crippen LogP contribution in [0.5, 0.6) is 5.75 Å². The number of hydrogen-bond donors (Lipinski definition) is 0. The lowest BCUT2D eigenvalue weighted by Gasteiger charge is -2.12. The maximum atomic E-state index is 6.11. The summed E-state index contributed by atoms with van der Waals surface area (Å²) >= 11 is 6.11. The van der Waals surface area contributed by atoms with E-state index in [-0.39, 0.29) is 5.38 Å². The molecular formula is C14H17ClO. The first-order valence-corrected chi connectivity index (χ1v) is 6.06. The highest BCUT2D eigenvalue weighted by Gasteiger charge is 2.16. The van der Waals surface area contributed by atoms with Gasteiger partial charge in [0.2, 0.25) is 0 Å². The molecule has 0 fully saturated rings. The van der Waals surface area contributed by atoms with Crippen LogP contribution in [0, 0.1) is 13.8 Å². The van der Waals surface area contributed by atoms with Crippen molar-refractivity contribution in [2.45, 2.75) is 32.1 Å². The van der Waals surface area contributed by atoms with Gasteiger partial charge >= 0.3 is 0 Å². The summed E-state index contributed by atoms with van der Waals surface area (Å²) in [4.78, 5) is 0. The zero-order valence-corrected chi connectivity index (χ0v) is 10.8. The summed E-state index contributed by atoms with van der Waals surface area (Å²) in [6, 6.07) is 4.31. The molecule has 1 atom stereocenters. The van der Waals surface area contributed by atoms with Crippen molar-refractivity contribution in [3.8, 4) is 5.75 Å². The van der Waals surface area contributed by atoms with Crippen molar-refractivity contribution in [3.63, 3.8) is 0 Å². The van der Waals surface area contributed by atoms with Gasteiger partial charge in [-0.25, -0.2) is 0 Å². The molecular weight excluding hydrogens is 220 g/mol. The monoisotopic (exact) mass is 236 g/mol. The van der Waals surface area contributed by atoms with Crippen LogP contribution in [-0.2, 0) is 0 Å². The third-order valence-corrected chi connectivity index (χ3v) is 3.50. The van der Waals surface area contributed by atoms with Gasteiger partial charge < -0.3 is 4.74 Å². The highest BCUT2D eigenvalue weighted by atomic mass is 35.5. The van der Waals surface area contributed by atoms with Crippen LogP contribution in [-0.4, -0.2) is 12.5 Å². The van der Waals surface area contributed by atoms with E-state index in [9.17, 15) is 0 Å². The Morgan fingerprint density at radius 2 is 2.00 bits per heavy atom. The maximum absolute atomic E-state index is 6.11. The Labute approximate surface area is 102 Å². The number of alkyl halides is 1. The van der Waals surface area contributed by atoms with Crippen LogP contribution in [0.3, 0.4) is 0 Å². The third kappa shape index (κ3) is 2.10. The number of allylic oxidation sites excluding steroid dienone is 2. The largest absolute Gasteiger partial charge is 0.496 e. The van der Waals surface area contributed by atoms with Crippen LogP contribution < -0.4 is 4.74 Å². The molecule has 16 heavy (non-hydrogen) atoms. The second kappa shape index (κ2) is 4.50. The van der Waals surface area contributed by atoms with Gasteiger partial charge in [-0.2, -0.15) is 0 Å². The number of methoxy groups -OCH3 is 1. The molecule has 1 aromatic carbocycles. The molecule has 2 rings (SSSR count). The van der Waals surface area contributed by atoms with Crippen molar-refractivity contribution in [1.82, 2.24) is 0 Å². The molecule has 0 radical (unpaired) electrons. The number of halogens is 1. The topological polar surface area (TPSA) is 9.23 Å². The Bertz CT molecular complexity index is 435. The van der Waals surface area contributed by atoms with E-state index in [4.69, 9.17) is 16.3 Å². The van der Waals surface area contributed by atoms with Crippen LogP contribution in [0.2, 0.25) is 0 Å². The fourth-order valence-electron chi connectivity index (χ4n) is 2.26. The quantitative estimate of drug-likeness (QED) is 0.703. The second-order valence-corrected chi connectivity index (χ2v) is 4.94. The molecule has 1 unspecified atom stereocenters. The molecule has 1 aliphatic rings. The lowest BCUT2D eigenvalue weighted by Crippen LogP contribution is -1.93. The van der Waals surface area contributed by atoms with Gasteiger partial charge in [0, 0.05) is 0 Å². The van der Waals surface area contributed by atoms with Gasteiger partial charge in [0.25, 0.3) is 0 Å². The van der Waals surface area contributed by atoms with E-state index in [0.717, 1.165) is 18.6 Å². The van der Waals surface area contributed by atoms with E-state index < -0.39 is 0 Å². The average Bonchev–Trinajstić information content (AvgIpc) is 2.67. The molecule has 1 aromatic rings. The maximum Gasteiger partial charge on any atom is 0.122 e. The fraction of sp³-hybridized carbons (Fsp3) is 0.429. The average molecular weight is 237 g/mol. The molecule has 0 amide bonds. The van der Waals surface area contributed by atoms with E-state index in [0.29, 0.717) is 0 Å². The van der Waals surface area contributed by atoms with E-state index in [1.807, 2.05) is 0 Å². The first-order valence-electron chi connectivity index (χ1n) is 5.62. The molecule has 0 N–H and O–H groups in total. The van der Waals surface area contributed by atoms with E-state index in [1.165, 1.54) is 22.3 Å². The summed E-state index contributed by atoms with van der Waals surface area (Å²) in [7, 11) is 1.71. The Morgan fingerprint density at radius 3 is 2.56 bits per heavy atom. The predicted molar refractivity (Wildman–Crippen MR) is 69.3 cm³/mol. The molecule has 0 spiro atoms. The second-order valence-electron chi connectivity index (χ2n) is 4.38. The lowest BCUT2D eigenvalue weighted by atomic mass is 9.97. The van der Waals surface area contributed by atoms with E-state index in [1.54, 1.807) is 7.11 Å². The number of ether oxygens (including phenoxy) is 1. The molecule has 0 heterocycles. The van der Waals surface area contributed by atoms with Gasteiger partial charge in [0.1, 0.15) is 5.75 Å². The van der Waals surface area contributed by atoms with Crippen molar-refractivity contribution in [3.05, 3.63) is 34.9 Å². The zero-order valence-electron chi connectivity index (χ0n) is 10.0. The Balaban J connectivity index is 2.42. The Morgan fingerprint density at radius 1 is 1.25 bits per heavy atom. The summed E-state index contributed by atoms with van der Waals surface area (Å²) < 4.78 is 5.32. The fourth-order valence-corrected chi connectivity index (χ4v) is 2.52. The molecule has 0 saturated carbocycles. The summed E-state index contributed by atoms with van der Waals surface area (Å²) in [5.74, 6) is 0.960. The molecule has 0 aromatic heterocycles.